The van der Waals surface area contributed by atoms with Gasteiger partial charge in [0.25, 0.3) is 0 Å². The zero-order chi connectivity index (χ0) is 11.1. The van der Waals surface area contributed by atoms with Crippen molar-refractivity contribution in [3.8, 4) is 0 Å². The molecule has 0 aromatic heterocycles. The number of alkyl halides is 1. The fourth-order valence-electron chi connectivity index (χ4n) is 1.29. The van der Waals surface area contributed by atoms with E-state index in [4.69, 9.17) is 15.3 Å². The van der Waals surface area contributed by atoms with Crippen molar-refractivity contribution < 1.29 is 34.4 Å². The van der Waals surface area contributed by atoms with E-state index >= 15 is 0 Å². The predicted molar refractivity (Wildman–Crippen MR) is 36.5 cm³/mol. The van der Waals surface area contributed by atoms with Crippen molar-refractivity contribution in [2.24, 2.45) is 0 Å². The highest BCUT2D eigenvalue weighted by molar-refractivity contribution is 5.92. The van der Waals surface area contributed by atoms with E-state index in [0.717, 1.165) is 0 Å². The Bertz CT molecular complexity index is 279. The molecule has 0 aromatic rings. The monoisotopic (exact) mass is 207 g/mol. The van der Waals surface area contributed by atoms with Crippen molar-refractivity contribution in [2.75, 3.05) is 0 Å². The number of rotatable bonds is 1. The number of halogens is 1. The second-order valence-electron chi connectivity index (χ2n) is 3.19. The zero-order valence-electron chi connectivity index (χ0n) is 6.88. The molecule has 1 saturated carbocycles. The minimum absolute atomic E-state index is 1.12. The van der Waals surface area contributed by atoms with Gasteiger partial charge >= 0.3 is 0 Å². The summed E-state index contributed by atoms with van der Waals surface area (Å²) < 4.78 is 13.1. The Morgan fingerprint density at radius 3 is 2.50 bits per heavy atom. The molecular weight excluding hydrogens is 199 g/mol. The lowest BCUT2D eigenvalue weighted by molar-refractivity contribution is -0.332. The van der Waals surface area contributed by atoms with Crippen LogP contribution >= 0.6 is 0 Å². The third-order valence-corrected chi connectivity index (χ3v) is 2.21. The number of carbonyl (C=O) groups is 2. The zero-order valence-corrected chi connectivity index (χ0v) is 6.88. The van der Waals surface area contributed by atoms with E-state index in [1.165, 1.54) is 0 Å². The van der Waals surface area contributed by atoms with Crippen molar-refractivity contribution in [1.29, 1.82) is 0 Å². The van der Waals surface area contributed by atoms with Gasteiger partial charge in [-0.1, -0.05) is 0 Å². The van der Waals surface area contributed by atoms with Gasteiger partial charge in [-0.25, -0.2) is 4.39 Å². The molecule has 0 bridgehead atoms. The van der Waals surface area contributed by atoms with Gasteiger partial charge < -0.3 is 25.2 Å². The Balaban J connectivity index is 3.02. The third kappa shape index (κ3) is 1.39. The van der Waals surface area contributed by atoms with Crippen LogP contribution in [-0.4, -0.2) is 51.1 Å². The summed E-state index contributed by atoms with van der Waals surface area (Å²) in [6, 6.07) is 0. The first-order chi connectivity index (χ1) is 6.30. The fraction of sp³-hybridized carbons (Fsp3) is 0.714. The first-order valence-electron chi connectivity index (χ1n) is 3.77. The number of ketones is 1. The fourth-order valence-corrected chi connectivity index (χ4v) is 1.29. The number of carboxylic acids is 1. The summed E-state index contributed by atoms with van der Waals surface area (Å²) in [6.07, 6.45) is -8.03. The van der Waals surface area contributed by atoms with Crippen LogP contribution in [0.5, 0.6) is 0 Å². The molecule has 80 valence electrons. The van der Waals surface area contributed by atoms with Crippen molar-refractivity contribution in [3.05, 3.63) is 0 Å². The standard InChI is InChI=1S/C7H9FO6/c8-5-4(11)3(10)2(9)1-7(5,14)6(12)13/h3-5,10-11,14H,1H2,(H,12,13)/p-1/t3-,4+,5-,7+/m1/s1. The Kier molecular flexibility index (Phi) is 2.57. The number of carboxylic acid groups (broad SMARTS) is 1. The topological polar surface area (TPSA) is 118 Å². The van der Waals surface area contributed by atoms with Crippen LogP contribution in [0.4, 0.5) is 4.39 Å². The molecule has 14 heavy (non-hydrogen) atoms. The van der Waals surface area contributed by atoms with Crippen molar-refractivity contribution >= 4 is 11.8 Å². The molecule has 0 unspecified atom stereocenters. The molecule has 0 aromatic carbocycles. The van der Waals surface area contributed by atoms with Gasteiger partial charge in [-0.15, -0.1) is 0 Å². The number of aliphatic hydroxyl groups excluding tert-OH is 2. The van der Waals surface area contributed by atoms with Gasteiger partial charge in [0, 0.05) is 6.42 Å². The van der Waals surface area contributed by atoms with Gasteiger partial charge in [0.2, 0.25) is 0 Å². The maximum atomic E-state index is 13.1. The van der Waals surface area contributed by atoms with Gasteiger partial charge in [0.15, 0.2) is 12.0 Å². The van der Waals surface area contributed by atoms with Gasteiger partial charge in [0.05, 0.1) is 5.97 Å². The molecule has 0 amide bonds. The molecule has 1 fully saturated rings. The molecular formula is C7H8FO6-. The van der Waals surface area contributed by atoms with Gasteiger partial charge in [-0.3, -0.25) is 4.79 Å². The lowest BCUT2D eigenvalue weighted by Gasteiger charge is -2.39. The van der Waals surface area contributed by atoms with Crippen LogP contribution in [0.15, 0.2) is 0 Å². The maximum Gasteiger partial charge on any atom is 0.167 e. The second kappa shape index (κ2) is 3.26. The van der Waals surface area contributed by atoms with E-state index in [1.54, 1.807) is 0 Å². The first-order valence-corrected chi connectivity index (χ1v) is 3.77. The summed E-state index contributed by atoms with van der Waals surface area (Å²) in [5, 5.41) is 37.3. The van der Waals surface area contributed by atoms with E-state index in [9.17, 15) is 19.1 Å². The Labute approximate surface area is 77.6 Å². The highest BCUT2D eigenvalue weighted by Crippen LogP contribution is 2.29. The molecule has 0 aliphatic heterocycles. The van der Waals surface area contributed by atoms with Crippen LogP contribution < -0.4 is 5.11 Å². The van der Waals surface area contributed by atoms with E-state index < -0.39 is 42.2 Å². The maximum absolute atomic E-state index is 13.1. The van der Waals surface area contributed by atoms with Crippen LogP contribution in [-0.2, 0) is 9.59 Å². The highest BCUT2D eigenvalue weighted by Gasteiger charge is 2.53. The molecule has 0 saturated heterocycles. The van der Waals surface area contributed by atoms with Crippen LogP contribution in [0.3, 0.4) is 0 Å². The molecule has 0 radical (unpaired) electrons. The first kappa shape index (κ1) is 11.0. The SMILES string of the molecule is O=C1C[C@@](O)(C(=O)[O-])[C@H](F)[C@@H](O)[C@@H]1O. The van der Waals surface area contributed by atoms with Crippen molar-refractivity contribution in [1.82, 2.24) is 0 Å². The van der Waals surface area contributed by atoms with E-state index in [-0.39, 0.29) is 0 Å². The third-order valence-electron chi connectivity index (χ3n) is 2.21. The van der Waals surface area contributed by atoms with E-state index in [1.807, 2.05) is 0 Å². The summed E-state index contributed by atoms with van der Waals surface area (Å²) in [5.41, 5.74) is -3.06. The number of aliphatic carboxylic acids is 1. The number of carbonyl (C=O) groups excluding carboxylic acids is 2. The molecule has 1 aliphatic rings. The van der Waals surface area contributed by atoms with Gasteiger partial charge in [0.1, 0.15) is 17.8 Å². The number of Topliss-reactive ketones (excluding diaryl/α,β-unsaturated/α-hetero) is 1. The van der Waals surface area contributed by atoms with Crippen molar-refractivity contribution in [2.45, 2.75) is 30.4 Å². The Hall–Kier alpha value is -1.05. The van der Waals surface area contributed by atoms with Crippen LogP contribution in [0, 0.1) is 0 Å². The van der Waals surface area contributed by atoms with Crippen LogP contribution in [0.25, 0.3) is 0 Å². The van der Waals surface area contributed by atoms with Gasteiger partial charge in [-0.2, -0.15) is 0 Å². The predicted octanol–water partition coefficient (Wildman–Crippen LogP) is -3.50. The summed E-state index contributed by atoms with van der Waals surface area (Å²) in [4.78, 5) is 21.2. The normalized spacial score (nSPS) is 43.7. The van der Waals surface area contributed by atoms with Crippen LogP contribution in [0.1, 0.15) is 6.42 Å². The molecule has 1 rings (SSSR count). The second-order valence-corrected chi connectivity index (χ2v) is 3.19. The minimum atomic E-state index is -3.06. The number of hydrogen-bond donors (Lipinski definition) is 3. The average molecular weight is 207 g/mol. The smallest absolute Gasteiger partial charge is 0.167 e. The molecule has 4 atom stereocenters. The summed E-state index contributed by atoms with van der Waals surface area (Å²) in [6.45, 7) is 0. The summed E-state index contributed by atoms with van der Waals surface area (Å²) >= 11 is 0. The number of aliphatic hydroxyl groups is 3. The molecule has 1 aliphatic carbocycles. The average Bonchev–Trinajstić information content (AvgIpc) is 2.11. The summed E-state index contributed by atoms with van der Waals surface area (Å²) in [7, 11) is 0. The lowest BCUT2D eigenvalue weighted by atomic mass is 9.79. The lowest BCUT2D eigenvalue weighted by Crippen LogP contribution is -2.66. The van der Waals surface area contributed by atoms with E-state index in [0.29, 0.717) is 0 Å². The molecule has 0 heterocycles. The highest BCUT2D eigenvalue weighted by atomic mass is 19.1. The van der Waals surface area contributed by atoms with Crippen molar-refractivity contribution in [3.63, 3.8) is 0 Å². The van der Waals surface area contributed by atoms with Crippen LogP contribution in [0.2, 0.25) is 0 Å². The molecule has 6 nitrogen and oxygen atoms in total. The summed E-state index contributed by atoms with van der Waals surface area (Å²) in [5.74, 6) is -3.33. The van der Waals surface area contributed by atoms with Gasteiger partial charge in [-0.05, 0) is 0 Å². The molecule has 0 spiro atoms. The Morgan fingerprint density at radius 1 is 1.57 bits per heavy atom. The number of hydrogen-bond acceptors (Lipinski definition) is 6. The largest absolute Gasteiger partial charge is 0.547 e. The quantitative estimate of drug-likeness (QED) is 0.410. The molecule has 3 N–H and O–H groups in total. The van der Waals surface area contributed by atoms with E-state index in [2.05, 4.69) is 0 Å². The minimum Gasteiger partial charge on any atom is -0.547 e. The Morgan fingerprint density at radius 2 is 2.07 bits per heavy atom. The molecule has 7 heteroatoms.